The maximum Gasteiger partial charge on any atom is 0.146 e. The van der Waals surface area contributed by atoms with E-state index in [0.717, 1.165) is 44.6 Å². The third kappa shape index (κ3) is 3.98. The molecule has 0 unspecified atom stereocenters. The highest BCUT2D eigenvalue weighted by atomic mass is 15.1. The molecule has 48 heavy (non-hydrogen) atoms. The SMILES string of the molecule is c1ccc(-c2cccc(-n3c4ccccc4c4ccc5c6ccccc6n(-c6nc(-c7ccccc7)cc7ccccc67)c5c43)c2)cc1. The van der Waals surface area contributed by atoms with Gasteiger partial charge in [0.1, 0.15) is 5.82 Å². The van der Waals surface area contributed by atoms with E-state index in [0.29, 0.717) is 0 Å². The second kappa shape index (κ2) is 10.5. The Labute approximate surface area is 277 Å². The van der Waals surface area contributed by atoms with E-state index < -0.39 is 0 Å². The maximum atomic E-state index is 5.48. The van der Waals surface area contributed by atoms with Crippen LogP contribution in [0.1, 0.15) is 0 Å². The third-order valence-corrected chi connectivity index (χ3v) is 9.68. The Morgan fingerprint density at radius 3 is 1.60 bits per heavy atom. The van der Waals surface area contributed by atoms with E-state index >= 15 is 0 Å². The highest BCUT2D eigenvalue weighted by Gasteiger charge is 2.23. The first-order valence-corrected chi connectivity index (χ1v) is 16.4. The van der Waals surface area contributed by atoms with E-state index in [9.17, 15) is 0 Å². The van der Waals surface area contributed by atoms with E-state index in [1.165, 1.54) is 43.7 Å². The molecule has 3 heteroatoms. The summed E-state index contributed by atoms with van der Waals surface area (Å²) in [5.41, 5.74) is 10.2. The van der Waals surface area contributed by atoms with Crippen molar-refractivity contribution in [3.63, 3.8) is 0 Å². The van der Waals surface area contributed by atoms with Crippen LogP contribution in [0.2, 0.25) is 0 Å². The summed E-state index contributed by atoms with van der Waals surface area (Å²) in [7, 11) is 0. The number of hydrogen-bond donors (Lipinski definition) is 0. The summed E-state index contributed by atoms with van der Waals surface area (Å²) in [6, 6.07) is 63.0. The number of hydrogen-bond acceptors (Lipinski definition) is 1. The second-order valence-electron chi connectivity index (χ2n) is 12.4. The van der Waals surface area contributed by atoms with Gasteiger partial charge in [0.05, 0.1) is 27.8 Å². The van der Waals surface area contributed by atoms with E-state index in [-0.39, 0.29) is 0 Å². The summed E-state index contributed by atoms with van der Waals surface area (Å²) in [5, 5.41) is 7.14. The normalized spacial score (nSPS) is 11.8. The van der Waals surface area contributed by atoms with Crippen LogP contribution in [-0.2, 0) is 0 Å². The van der Waals surface area contributed by atoms with Crippen molar-refractivity contribution in [2.75, 3.05) is 0 Å². The standard InChI is InChI=1S/C45H29N3/c1-3-14-30(15-4-1)32-19-13-20-34(28-32)47-41-24-11-9-22-36(41)38-26-27-39-37-23-10-12-25-42(37)48(44(39)43(38)47)45-35-21-8-7-18-33(35)29-40(46-45)31-16-5-2-6-17-31/h1-29H. The van der Waals surface area contributed by atoms with Crippen LogP contribution >= 0.6 is 0 Å². The Bertz CT molecular complexity index is 2820. The summed E-state index contributed by atoms with van der Waals surface area (Å²) < 4.78 is 4.87. The number of fused-ring (bicyclic) bond motifs is 8. The predicted octanol–water partition coefficient (Wildman–Crippen LogP) is 11.8. The Morgan fingerprint density at radius 1 is 0.354 bits per heavy atom. The maximum absolute atomic E-state index is 5.48. The van der Waals surface area contributed by atoms with Gasteiger partial charge in [0.15, 0.2) is 0 Å². The van der Waals surface area contributed by atoms with Gasteiger partial charge in [-0.15, -0.1) is 0 Å². The van der Waals surface area contributed by atoms with Crippen molar-refractivity contribution in [2.24, 2.45) is 0 Å². The van der Waals surface area contributed by atoms with E-state index in [1.807, 2.05) is 0 Å². The zero-order valence-corrected chi connectivity index (χ0v) is 26.1. The Kier molecular flexibility index (Phi) is 5.87. The topological polar surface area (TPSA) is 22.8 Å². The number of nitrogens with zero attached hydrogens (tertiary/aromatic N) is 3. The number of benzene rings is 7. The van der Waals surface area contributed by atoms with Gasteiger partial charge < -0.3 is 4.57 Å². The smallest absolute Gasteiger partial charge is 0.146 e. The van der Waals surface area contributed by atoms with Crippen molar-refractivity contribution in [1.82, 2.24) is 14.1 Å². The van der Waals surface area contributed by atoms with Gasteiger partial charge in [-0.1, -0.05) is 146 Å². The molecule has 0 aliphatic carbocycles. The van der Waals surface area contributed by atoms with Crippen LogP contribution in [0.15, 0.2) is 176 Å². The Balaban J connectivity index is 1.39. The van der Waals surface area contributed by atoms with Gasteiger partial charge in [0.25, 0.3) is 0 Å². The molecule has 3 nitrogen and oxygen atoms in total. The van der Waals surface area contributed by atoms with E-state index in [1.54, 1.807) is 0 Å². The molecule has 0 atom stereocenters. The predicted molar refractivity (Wildman–Crippen MR) is 201 cm³/mol. The Hall–Kier alpha value is -6.45. The van der Waals surface area contributed by atoms with Gasteiger partial charge in [0, 0.05) is 38.2 Å². The molecular weight excluding hydrogens is 583 g/mol. The van der Waals surface area contributed by atoms with E-state index in [4.69, 9.17) is 4.98 Å². The molecule has 0 bridgehead atoms. The van der Waals surface area contributed by atoms with Gasteiger partial charge in [-0.2, -0.15) is 0 Å². The highest BCUT2D eigenvalue weighted by molar-refractivity contribution is 6.24. The van der Waals surface area contributed by atoms with Gasteiger partial charge in [0.2, 0.25) is 0 Å². The fraction of sp³-hybridized carbons (Fsp3) is 0. The molecule has 0 aliphatic heterocycles. The summed E-state index contributed by atoms with van der Waals surface area (Å²) in [4.78, 5) is 5.48. The lowest BCUT2D eigenvalue weighted by Crippen LogP contribution is -2.02. The van der Waals surface area contributed by atoms with E-state index in [2.05, 4.69) is 185 Å². The lowest BCUT2D eigenvalue weighted by Gasteiger charge is -2.15. The fourth-order valence-corrected chi connectivity index (χ4v) is 7.55. The molecule has 10 rings (SSSR count). The van der Waals surface area contributed by atoms with Gasteiger partial charge in [-0.3, -0.25) is 4.57 Å². The molecule has 0 saturated carbocycles. The minimum Gasteiger partial charge on any atom is -0.307 e. The van der Waals surface area contributed by atoms with Crippen molar-refractivity contribution in [3.05, 3.63) is 176 Å². The van der Waals surface area contributed by atoms with Crippen molar-refractivity contribution in [3.8, 4) is 33.9 Å². The quantitative estimate of drug-likeness (QED) is 0.194. The molecule has 0 saturated heterocycles. The molecular formula is C45H29N3. The first-order valence-electron chi connectivity index (χ1n) is 16.4. The second-order valence-corrected chi connectivity index (χ2v) is 12.4. The summed E-state index contributed by atoms with van der Waals surface area (Å²) in [6.07, 6.45) is 0. The van der Waals surface area contributed by atoms with Crippen LogP contribution in [0.4, 0.5) is 0 Å². The average Bonchev–Trinajstić information content (AvgIpc) is 3.68. The lowest BCUT2D eigenvalue weighted by atomic mass is 10.1. The van der Waals surface area contributed by atoms with Crippen LogP contribution < -0.4 is 0 Å². The minimum absolute atomic E-state index is 0.931. The molecule has 0 fully saturated rings. The zero-order valence-electron chi connectivity index (χ0n) is 26.1. The third-order valence-electron chi connectivity index (χ3n) is 9.68. The fourth-order valence-electron chi connectivity index (χ4n) is 7.55. The van der Waals surface area contributed by atoms with Crippen LogP contribution in [0, 0.1) is 0 Å². The zero-order chi connectivity index (χ0) is 31.6. The van der Waals surface area contributed by atoms with Crippen LogP contribution in [0.25, 0.3) is 88.3 Å². The van der Waals surface area contributed by atoms with Gasteiger partial charge in [-0.25, -0.2) is 4.98 Å². The number of aromatic nitrogens is 3. The van der Waals surface area contributed by atoms with Gasteiger partial charge >= 0.3 is 0 Å². The van der Waals surface area contributed by atoms with Crippen LogP contribution in [0.5, 0.6) is 0 Å². The molecule has 0 spiro atoms. The largest absolute Gasteiger partial charge is 0.307 e. The number of pyridine rings is 1. The molecule has 3 aromatic heterocycles. The molecule has 10 aromatic rings. The average molecular weight is 612 g/mol. The first kappa shape index (κ1) is 26.7. The monoisotopic (exact) mass is 611 g/mol. The number of para-hydroxylation sites is 2. The minimum atomic E-state index is 0.931. The number of rotatable bonds is 4. The van der Waals surface area contributed by atoms with Crippen molar-refractivity contribution in [1.29, 1.82) is 0 Å². The molecule has 224 valence electrons. The Morgan fingerprint density at radius 2 is 0.896 bits per heavy atom. The molecule has 0 N–H and O–H groups in total. The van der Waals surface area contributed by atoms with Crippen molar-refractivity contribution >= 4 is 54.4 Å². The molecule has 0 amide bonds. The summed E-state index contributed by atoms with van der Waals surface area (Å²) >= 11 is 0. The van der Waals surface area contributed by atoms with Crippen LogP contribution in [-0.4, -0.2) is 14.1 Å². The molecule has 7 aromatic carbocycles. The first-order chi connectivity index (χ1) is 23.8. The van der Waals surface area contributed by atoms with Gasteiger partial charge in [-0.05, 0) is 46.8 Å². The molecule has 0 radical (unpaired) electrons. The highest BCUT2D eigenvalue weighted by Crippen LogP contribution is 2.43. The summed E-state index contributed by atoms with van der Waals surface area (Å²) in [6.45, 7) is 0. The van der Waals surface area contributed by atoms with Crippen molar-refractivity contribution < 1.29 is 0 Å². The molecule has 0 aliphatic rings. The lowest BCUT2D eigenvalue weighted by molar-refractivity contribution is 1.10. The van der Waals surface area contributed by atoms with Crippen molar-refractivity contribution in [2.45, 2.75) is 0 Å². The summed E-state index contributed by atoms with van der Waals surface area (Å²) in [5.74, 6) is 0.931. The molecule has 3 heterocycles. The van der Waals surface area contributed by atoms with Crippen LogP contribution in [0.3, 0.4) is 0 Å².